The topological polar surface area (TPSA) is 65.6 Å². The molecule has 6 heteroatoms. The van der Waals surface area contributed by atoms with Crippen LogP contribution in [0.2, 0.25) is 0 Å². The molecule has 2 aromatic carbocycles. The number of ketones is 1. The monoisotopic (exact) mass is 414 g/mol. The Labute approximate surface area is 177 Å². The molecule has 0 aliphatic carbocycles. The number of ether oxygens (including phenoxy) is 1. The van der Waals surface area contributed by atoms with Gasteiger partial charge in [0, 0.05) is 34.7 Å². The number of phenols is 1. The number of hydrogen-bond acceptors (Lipinski definition) is 4. The number of Topliss-reactive ketones (excluding diaryl/α,β-unsaturated/α-hetero) is 1. The number of halogens is 1. The highest BCUT2D eigenvalue weighted by Gasteiger charge is 2.28. The van der Waals surface area contributed by atoms with Gasteiger partial charge >= 0.3 is 0 Å². The molecule has 0 radical (unpaired) electrons. The van der Waals surface area contributed by atoms with Crippen LogP contribution in [0.1, 0.15) is 45.7 Å². The summed E-state index contributed by atoms with van der Waals surface area (Å²) < 4.78 is 5.27. The second-order valence-electron chi connectivity index (χ2n) is 7.72. The lowest BCUT2D eigenvalue weighted by Gasteiger charge is -2.35. The van der Waals surface area contributed by atoms with Gasteiger partial charge in [-0.15, -0.1) is 12.4 Å². The van der Waals surface area contributed by atoms with Crippen molar-refractivity contribution in [2.45, 2.75) is 33.2 Å². The number of methoxy groups -OCH3 is 1. The minimum Gasteiger partial charge on any atom is -0.504 e. The average Bonchev–Trinajstić information content (AvgIpc) is 2.98. The summed E-state index contributed by atoms with van der Waals surface area (Å²) in [7, 11) is 1.55. The molecular weight excluding hydrogens is 388 g/mol. The molecule has 0 saturated heterocycles. The van der Waals surface area contributed by atoms with Crippen LogP contribution >= 0.6 is 12.4 Å². The van der Waals surface area contributed by atoms with E-state index in [-0.39, 0.29) is 30.0 Å². The average molecular weight is 415 g/mol. The summed E-state index contributed by atoms with van der Waals surface area (Å²) in [4.78, 5) is 18.8. The number of aromatic hydroxyl groups is 1. The van der Waals surface area contributed by atoms with Crippen molar-refractivity contribution in [2.75, 3.05) is 20.2 Å². The number of nitrogens with one attached hydrogen (secondary N) is 1. The van der Waals surface area contributed by atoms with Crippen LogP contribution < -0.4 is 4.74 Å². The number of fused-ring (bicyclic) bond motifs is 2. The molecule has 5 nitrogen and oxygen atoms in total. The molecule has 0 fully saturated rings. The van der Waals surface area contributed by atoms with Crippen LogP contribution in [0.4, 0.5) is 0 Å². The first kappa shape index (κ1) is 21.2. The van der Waals surface area contributed by atoms with Gasteiger partial charge < -0.3 is 14.8 Å². The number of aryl methyl sites for hydroxylation is 2. The van der Waals surface area contributed by atoms with E-state index in [0.29, 0.717) is 12.3 Å². The third-order valence-electron chi connectivity index (χ3n) is 5.87. The maximum Gasteiger partial charge on any atom is 0.179 e. The molecule has 0 saturated carbocycles. The highest BCUT2D eigenvalue weighted by molar-refractivity contribution is 6.10. The second kappa shape index (κ2) is 8.09. The Bertz CT molecular complexity index is 1070. The lowest BCUT2D eigenvalue weighted by molar-refractivity contribution is 0.0891. The number of hydrogen-bond donors (Lipinski definition) is 2. The third kappa shape index (κ3) is 3.72. The van der Waals surface area contributed by atoms with Crippen LogP contribution in [-0.2, 0) is 6.42 Å². The van der Waals surface area contributed by atoms with Crippen molar-refractivity contribution in [3.63, 3.8) is 0 Å². The molecule has 2 heterocycles. The van der Waals surface area contributed by atoms with Crippen LogP contribution in [0.25, 0.3) is 10.9 Å². The number of aromatic amines is 1. The quantitative estimate of drug-likeness (QED) is 0.606. The zero-order valence-electron chi connectivity index (χ0n) is 17.2. The van der Waals surface area contributed by atoms with Crippen LogP contribution in [0.15, 0.2) is 30.3 Å². The fourth-order valence-corrected chi connectivity index (χ4v) is 4.34. The lowest BCUT2D eigenvalue weighted by Crippen LogP contribution is -2.37. The van der Waals surface area contributed by atoms with E-state index in [1.807, 2.05) is 25.1 Å². The standard InChI is InChI=1S/C23H26N2O3.ClH/c1-13-5-6-17-19(9-13)24-14(2)23(17)21(27)12-25-8-7-16-10-20(26)22(28-4)11-18(16)15(25)3;/h5-6,9-11,15,24,26H,7-8,12H2,1-4H3;1H/t15-;/m1./s1. The smallest absolute Gasteiger partial charge is 0.179 e. The highest BCUT2D eigenvalue weighted by Crippen LogP contribution is 2.37. The normalized spacial score (nSPS) is 16.3. The molecule has 29 heavy (non-hydrogen) atoms. The van der Waals surface area contributed by atoms with E-state index in [1.165, 1.54) is 5.56 Å². The Morgan fingerprint density at radius 3 is 2.76 bits per heavy atom. The minimum atomic E-state index is 0. The Kier molecular flexibility index (Phi) is 5.92. The summed E-state index contributed by atoms with van der Waals surface area (Å²) >= 11 is 0. The van der Waals surface area contributed by atoms with Crippen molar-refractivity contribution in [1.82, 2.24) is 9.88 Å². The number of benzene rings is 2. The van der Waals surface area contributed by atoms with Gasteiger partial charge in [-0.05, 0) is 62.1 Å². The summed E-state index contributed by atoms with van der Waals surface area (Å²) in [6.45, 7) is 7.27. The fourth-order valence-electron chi connectivity index (χ4n) is 4.34. The van der Waals surface area contributed by atoms with Crippen LogP contribution in [-0.4, -0.2) is 41.0 Å². The predicted octanol–water partition coefficient (Wildman–Crippen LogP) is 4.72. The maximum atomic E-state index is 13.2. The molecule has 0 spiro atoms. The SMILES string of the molecule is COc1cc2c(cc1O)CCN(CC(=O)c1c(C)[nH]c3cc(C)ccc13)[C@@H]2C.Cl. The third-order valence-corrected chi connectivity index (χ3v) is 5.87. The van der Waals surface area contributed by atoms with Crippen LogP contribution in [0.5, 0.6) is 11.5 Å². The van der Waals surface area contributed by atoms with Gasteiger partial charge in [-0.25, -0.2) is 0 Å². The molecule has 1 atom stereocenters. The molecule has 0 unspecified atom stereocenters. The van der Waals surface area contributed by atoms with E-state index in [0.717, 1.165) is 46.3 Å². The van der Waals surface area contributed by atoms with Gasteiger partial charge in [0.25, 0.3) is 0 Å². The summed E-state index contributed by atoms with van der Waals surface area (Å²) in [6, 6.07) is 9.92. The maximum absolute atomic E-state index is 13.2. The molecule has 154 valence electrons. The van der Waals surface area contributed by atoms with E-state index in [9.17, 15) is 9.90 Å². The Morgan fingerprint density at radius 2 is 2.03 bits per heavy atom. The molecular formula is C23H27ClN2O3. The molecule has 1 aliphatic heterocycles. The number of carbonyl (C=O) groups is 1. The number of aromatic nitrogens is 1. The fraction of sp³-hybridized carbons (Fsp3) is 0.348. The number of carbonyl (C=O) groups excluding carboxylic acids is 1. The van der Waals surface area contributed by atoms with Gasteiger partial charge in [0.2, 0.25) is 0 Å². The van der Waals surface area contributed by atoms with E-state index in [1.54, 1.807) is 13.2 Å². The van der Waals surface area contributed by atoms with Gasteiger partial charge in [0.15, 0.2) is 17.3 Å². The lowest BCUT2D eigenvalue weighted by atomic mass is 9.92. The highest BCUT2D eigenvalue weighted by atomic mass is 35.5. The van der Waals surface area contributed by atoms with Crippen molar-refractivity contribution in [3.8, 4) is 11.5 Å². The number of phenolic OH excluding ortho intramolecular Hbond substituents is 1. The van der Waals surface area contributed by atoms with Crippen molar-refractivity contribution in [3.05, 3.63) is 58.3 Å². The van der Waals surface area contributed by atoms with Crippen molar-refractivity contribution >= 4 is 29.1 Å². The Hall–Kier alpha value is -2.50. The number of H-pyrrole nitrogens is 1. The molecule has 1 aromatic heterocycles. The zero-order chi connectivity index (χ0) is 20.0. The van der Waals surface area contributed by atoms with Gasteiger partial charge in [0.05, 0.1) is 13.7 Å². The Morgan fingerprint density at radius 1 is 1.28 bits per heavy atom. The summed E-state index contributed by atoms with van der Waals surface area (Å²) in [5, 5.41) is 11.0. The van der Waals surface area contributed by atoms with Crippen molar-refractivity contribution < 1.29 is 14.6 Å². The predicted molar refractivity (Wildman–Crippen MR) is 118 cm³/mol. The minimum absolute atomic E-state index is 0. The molecule has 0 amide bonds. The second-order valence-corrected chi connectivity index (χ2v) is 7.72. The van der Waals surface area contributed by atoms with Crippen molar-refractivity contribution in [2.24, 2.45) is 0 Å². The van der Waals surface area contributed by atoms with E-state index < -0.39 is 0 Å². The van der Waals surface area contributed by atoms with Gasteiger partial charge in [-0.3, -0.25) is 9.69 Å². The molecule has 0 bridgehead atoms. The largest absolute Gasteiger partial charge is 0.504 e. The van der Waals surface area contributed by atoms with E-state index in [2.05, 4.69) is 29.8 Å². The first-order valence-corrected chi connectivity index (χ1v) is 9.65. The Balaban J connectivity index is 0.00000240. The van der Waals surface area contributed by atoms with Gasteiger partial charge in [-0.2, -0.15) is 0 Å². The summed E-state index contributed by atoms with van der Waals surface area (Å²) in [5.41, 5.74) is 6.12. The van der Waals surface area contributed by atoms with Gasteiger partial charge in [-0.1, -0.05) is 12.1 Å². The first-order chi connectivity index (χ1) is 13.4. The van der Waals surface area contributed by atoms with Gasteiger partial charge in [0.1, 0.15) is 0 Å². The molecule has 3 aromatic rings. The number of rotatable bonds is 4. The van der Waals surface area contributed by atoms with Crippen LogP contribution in [0.3, 0.4) is 0 Å². The number of nitrogens with zero attached hydrogens (tertiary/aromatic N) is 1. The van der Waals surface area contributed by atoms with E-state index in [4.69, 9.17) is 4.74 Å². The molecule has 1 aliphatic rings. The first-order valence-electron chi connectivity index (χ1n) is 9.65. The summed E-state index contributed by atoms with van der Waals surface area (Å²) in [6.07, 6.45) is 0.802. The molecule has 2 N–H and O–H groups in total. The summed E-state index contributed by atoms with van der Waals surface area (Å²) in [5.74, 6) is 0.776. The van der Waals surface area contributed by atoms with E-state index >= 15 is 0 Å². The van der Waals surface area contributed by atoms with Crippen LogP contribution in [0, 0.1) is 13.8 Å². The van der Waals surface area contributed by atoms with Crippen molar-refractivity contribution in [1.29, 1.82) is 0 Å². The zero-order valence-corrected chi connectivity index (χ0v) is 18.0. The molecule has 4 rings (SSSR count).